The van der Waals surface area contributed by atoms with Crippen LogP contribution >= 0.6 is 0 Å². The number of furan rings is 1. The molecule has 138 valence electrons. The molecule has 4 aromatic rings. The highest BCUT2D eigenvalue weighted by Crippen LogP contribution is 2.37. The molecule has 0 unspecified atom stereocenters. The van der Waals surface area contributed by atoms with Gasteiger partial charge in [-0.25, -0.2) is 0 Å². The lowest BCUT2D eigenvalue weighted by Gasteiger charge is -2.15. The van der Waals surface area contributed by atoms with Crippen LogP contribution in [0.25, 0.3) is 21.9 Å². The summed E-state index contributed by atoms with van der Waals surface area (Å²) in [6.45, 7) is 0.567. The van der Waals surface area contributed by atoms with Crippen molar-refractivity contribution in [3.05, 3.63) is 60.2 Å². The highest BCUT2D eigenvalue weighted by Gasteiger charge is 2.14. The summed E-state index contributed by atoms with van der Waals surface area (Å²) in [6.07, 6.45) is 0. The van der Waals surface area contributed by atoms with Crippen molar-refractivity contribution < 1.29 is 18.6 Å². The summed E-state index contributed by atoms with van der Waals surface area (Å²) in [7, 11) is 4.93. The molecule has 5 nitrogen and oxygen atoms in total. The van der Waals surface area contributed by atoms with Crippen molar-refractivity contribution in [2.24, 2.45) is 0 Å². The monoisotopic (exact) mass is 363 g/mol. The standard InChI is InChI=1S/C22H21NO4/c1-24-19-10-6-7-14(22(19)26-3)13-23-17-11-16-15-8-4-5-9-18(15)27-20(16)12-21(17)25-2/h4-12,23H,13H2,1-3H3. The summed E-state index contributed by atoms with van der Waals surface area (Å²) < 4.78 is 22.4. The van der Waals surface area contributed by atoms with Crippen molar-refractivity contribution in [3.8, 4) is 17.2 Å². The van der Waals surface area contributed by atoms with Gasteiger partial charge in [-0.05, 0) is 18.2 Å². The van der Waals surface area contributed by atoms with E-state index in [1.165, 1.54) is 0 Å². The van der Waals surface area contributed by atoms with Gasteiger partial charge in [-0.15, -0.1) is 0 Å². The van der Waals surface area contributed by atoms with Gasteiger partial charge in [-0.2, -0.15) is 0 Å². The Morgan fingerprint density at radius 1 is 0.778 bits per heavy atom. The Morgan fingerprint density at radius 2 is 1.59 bits per heavy atom. The Morgan fingerprint density at radius 3 is 2.37 bits per heavy atom. The van der Waals surface area contributed by atoms with Gasteiger partial charge in [0.15, 0.2) is 11.5 Å². The molecule has 0 aliphatic carbocycles. The molecule has 1 aromatic heterocycles. The number of rotatable bonds is 6. The van der Waals surface area contributed by atoms with Gasteiger partial charge in [0, 0.05) is 28.9 Å². The van der Waals surface area contributed by atoms with Gasteiger partial charge in [-0.1, -0.05) is 30.3 Å². The number of hydrogen-bond acceptors (Lipinski definition) is 5. The fraction of sp³-hybridized carbons (Fsp3) is 0.182. The molecule has 0 spiro atoms. The van der Waals surface area contributed by atoms with Gasteiger partial charge in [0.25, 0.3) is 0 Å². The average molecular weight is 363 g/mol. The first-order valence-electron chi connectivity index (χ1n) is 8.68. The van der Waals surface area contributed by atoms with E-state index in [4.69, 9.17) is 18.6 Å². The van der Waals surface area contributed by atoms with E-state index < -0.39 is 0 Å². The van der Waals surface area contributed by atoms with Gasteiger partial charge >= 0.3 is 0 Å². The summed E-state index contributed by atoms with van der Waals surface area (Å²) in [6, 6.07) is 17.8. The molecule has 4 rings (SSSR count). The molecule has 0 aliphatic heterocycles. The van der Waals surface area contributed by atoms with E-state index in [1.54, 1.807) is 21.3 Å². The first kappa shape index (κ1) is 17.1. The first-order valence-corrected chi connectivity index (χ1v) is 8.68. The maximum atomic E-state index is 5.94. The van der Waals surface area contributed by atoms with E-state index in [9.17, 15) is 0 Å². The molecule has 0 bridgehead atoms. The van der Waals surface area contributed by atoms with Crippen LogP contribution in [0.2, 0.25) is 0 Å². The fourth-order valence-corrected chi connectivity index (χ4v) is 3.34. The summed E-state index contributed by atoms with van der Waals surface area (Å²) in [4.78, 5) is 0. The molecule has 0 saturated heterocycles. The average Bonchev–Trinajstić information content (AvgIpc) is 3.08. The van der Waals surface area contributed by atoms with Gasteiger partial charge < -0.3 is 23.9 Å². The lowest BCUT2D eigenvalue weighted by molar-refractivity contribution is 0.352. The van der Waals surface area contributed by atoms with E-state index in [1.807, 2.05) is 42.5 Å². The second-order valence-electron chi connectivity index (χ2n) is 6.15. The molecule has 0 fully saturated rings. The van der Waals surface area contributed by atoms with E-state index in [0.29, 0.717) is 12.3 Å². The number of ether oxygens (including phenoxy) is 3. The first-order chi connectivity index (χ1) is 13.2. The molecular weight excluding hydrogens is 342 g/mol. The molecule has 0 amide bonds. The summed E-state index contributed by atoms with van der Waals surface area (Å²) >= 11 is 0. The minimum absolute atomic E-state index is 0.567. The van der Waals surface area contributed by atoms with E-state index >= 15 is 0 Å². The zero-order valence-electron chi connectivity index (χ0n) is 15.5. The Bertz CT molecular complexity index is 1100. The SMILES string of the molecule is COc1cc2oc3ccccc3c2cc1NCc1cccc(OC)c1OC. The lowest BCUT2D eigenvalue weighted by atomic mass is 10.1. The topological polar surface area (TPSA) is 52.9 Å². The van der Waals surface area contributed by atoms with E-state index in [-0.39, 0.29) is 0 Å². The zero-order chi connectivity index (χ0) is 18.8. The molecule has 0 aliphatic rings. The highest BCUT2D eigenvalue weighted by molar-refractivity contribution is 6.06. The van der Waals surface area contributed by atoms with Crippen LogP contribution in [0.3, 0.4) is 0 Å². The Kier molecular flexibility index (Phi) is 4.50. The quantitative estimate of drug-likeness (QED) is 0.509. The number of hydrogen-bond donors (Lipinski definition) is 1. The summed E-state index contributed by atoms with van der Waals surface area (Å²) in [5.74, 6) is 2.16. The van der Waals surface area contributed by atoms with Crippen molar-refractivity contribution in [1.82, 2.24) is 0 Å². The minimum Gasteiger partial charge on any atom is -0.494 e. The Balaban J connectivity index is 1.72. The Labute approximate surface area is 157 Å². The van der Waals surface area contributed by atoms with Gasteiger partial charge in [0.05, 0.1) is 27.0 Å². The molecule has 3 aromatic carbocycles. The van der Waals surface area contributed by atoms with E-state index in [0.717, 1.165) is 44.7 Å². The largest absolute Gasteiger partial charge is 0.494 e. The fourth-order valence-electron chi connectivity index (χ4n) is 3.34. The summed E-state index contributed by atoms with van der Waals surface area (Å²) in [5, 5.41) is 5.58. The molecule has 1 N–H and O–H groups in total. The molecule has 1 heterocycles. The second kappa shape index (κ2) is 7.11. The third-order valence-corrected chi connectivity index (χ3v) is 4.65. The molecule has 0 radical (unpaired) electrons. The van der Waals surface area contributed by atoms with Crippen molar-refractivity contribution >= 4 is 27.6 Å². The van der Waals surface area contributed by atoms with Gasteiger partial charge in [0.2, 0.25) is 0 Å². The van der Waals surface area contributed by atoms with Crippen LogP contribution in [0, 0.1) is 0 Å². The van der Waals surface area contributed by atoms with Crippen LogP contribution < -0.4 is 19.5 Å². The molecular formula is C22H21NO4. The van der Waals surface area contributed by atoms with Crippen molar-refractivity contribution in [3.63, 3.8) is 0 Å². The smallest absolute Gasteiger partial charge is 0.165 e. The van der Waals surface area contributed by atoms with Crippen LogP contribution in [-0.4, -0.2) is 21.3 Å². The van der Waals surface area contributed by atoms with Crippen LogP contribution in [-0.2, 0) is 6.54 Å². The minimum atomic E-state index is 0.567. The summed E-state index contributed by atoms with van der Waals surface area (Å²) in [5.41, 5.74) is 3.55. The van der Waals surface area contributed by atoms with Crippen molar-refractivity contribution in [2.75, 3.05) is 26.6 Å². The lowest BCUT2D eigenvalue weighted by Crippen LogP contribution is -2.04. The van der Waals surface area contributed by atoms with Crippen LogP contribution in [0.5, 0.6) is 17.2 Å². The number of benzene rings is 3. The number of methoxy groups -OCH3 is 3. The predicted molar refractivity (Wildman–Crippen MR) is 107 cm³/mol. The van der Waals surface area contributed by atoms with Crippen molar-refractivity contribution in [1.29, 1.82) is 0 Å². The second-order valence-corrected chi connectivity index (χ2v) is 6.15. The van der Waals surface area contributed by atoms with Crippen molar-refractivity contribution in [2.45, 2.75) is 6.54 Å². The number of fused-ring (bicyclic) bond motifs is 3. The van der Waals surface area contributed by atoms with E-state index in [2.05, 4.69) is 17.4 Å². The zero-order valence-corrected chi connectivity index (χ0v) is 15.5. The predicted octanol–water partition coefficient (Wildman–Crippen LogP) is 5.22. The normalized spacial score (nSPS) is 10.9. The maximum Gasteiger partial charge on any atom is 0.165 e. The molecule has 0 atom stereocenters. The maximum absolute atomic E-state index is 5.94. The number of nitrogens with one attached hydrogen (secondary N) is 1. The molecule has 5 heteroatoms. The van der Waals surface area contributed by atoms with Crippen LogP contribution in [0.4, 0.5) is 5.69 Å². The Hall–Kier alpha value is -3.34. The van der Waals surface area contributed by atoms with Gasteiger partial charge in [-0.3, -0.25) is 0 Å². The number of para-hydroxylation sites is 2. The van der Waals surface area contributed by atoms with Crippen LogP contribution in [0.15, 0.2) is 59.0 Å². The highest BCUT2D eigenvalue weighted by atomic mass is 16.5. The molecule has 0 saturated carbocycles. The van der Waals surface area contributed by atoms with Gasteiger partial charge in [0.1, 0.15) is 16.9 Å². The third-order valence-electron chi connectivity index (χ3n) is 4.65. The number of anilines is 1. The molecule has 27 heavy (non-hydrogen) atoms. The third kappa shape index (κ3) is 3.01. The van der Waals surface area contributed by atoms with Crippen LogP contribution in [0.1, 0.15) is 5.56 Å².